The van der Waals surface area contributed by atoms with Gasteiger partial charge in [-0.15, -0.1) is 0 Å². The average Bonchev–Trinajstić information content (AvgIpc) is 1.41. The molecular formula is C128H96. The van der Waals surface area contributed by atoms with Crippen molar-refractivity contribution in [2.45, 2.75) is 103 Å². The summed E-state index contributed by atoms with van der Waals surface area (Å²) in [6, 6.07) is 148. The van der Waals surface area contributed by atoms with Gasteiger partial charge in [0.2, 0.25) is 0 Å². The van der Waals surface area contributed by atoms with Crippen LogP contribution in [0.2, 0.25) is 0 Å². The van der Waals surface area contributed by atoms with Gasteiger partial charge in [-0.05, 0) is 311 Å². The smallest absolute Gasteiger partial charge is 0.0215 e. The first-order valence-corrected chi connectivity index (χ1v) is 46.8. The van der Waals surface area contributed by atoms with Crippen LogP contribution in [0.5, 0.6) is 0 Å². The lowest BCUT2D eigenvalue weighted by molar-refractivity contribution is 0.401. The highest BCUT2D eigenvalue weighted by atomic mass is 14.5. The molecule has 128 heavy (non-hydrogen) atoms. The van der Waals surface area contributed by atoms with Crippen molar-refractivity contribution in [3.05, 3.63) is 411 Å². The highest BCUT2D eigenvalue weighted by molar-refractivity contribution is 6.31. The monoisotopic (exact) mass is 1630 g/mol. The fraction of sp³-hybridized carbons (Fsp3) is 0.125. The first-order chi connectivity index (χ1) is 63.2. The number of unbranched alkanes of at least 4 members (excludes halogenated alkanes) is 6. The van der Waals surface area contributed by atoms with E-state index < -0.39 is 0 Å². The van der Waals surface area contributed by atoms with Crippen molar-refractivity contribution in [2.24, 2.45) is 0 Å². The summed E-state index contributed by atoms with van der Waals surface area (Å²) in [5.41, 5.74) is 26.8. The van der Waals surface area contributed by atoms with Gasteiger partial charge in [-0.1, -0.05) is 431 Å². The molecule has 0 fully saturated rings. The van der Waals surface area contributed by atoms with Crippen LogP contribution in [0.4, 0.5) is 0 Å². The van der Waals surface area contributed by atoms with Gasteiger partial charge in [-0.3, -0.25) is 0 Å². The van der Waals surface area contributed by atoms with Crippen molar-refractivity contribution in [3.63, 3.8) is 0 Å². The molecule has 0 amide bonds. The maximum atomic E-state index is 2.67. The van der Waals surface area contributed by atoms with E-state index in [1.807, 2.05) is 0 Å². The number of hydrogen-bond donors (Lipinski definition) is 0. The third-order valence-corrected chi connectivity index (χ3v) is 30.1. The van der Waals surface area contributed by atoms with Crippen molar-refractivity contribution in [1.29, 1.82) is 0 Å². The SMILES string of the molecule is CC1(C)c2cc(-c3c4ccccc4c(-c4c5ccccc5cc5ccccc45)c4ccccc34)ccc2-c2ccc(-c3ccc4ccc5cccc6ccc3c4c56)cc21.CCCCCCC1(CCCCCC)c2cc(-c3c4ccccc4c(-c4c5ccccc5cc5ccccc45)c4ccccc34)ccc2-c2ccc(-c3ccc4ccc5cccc6ccc3c4c56)cc21. The van der Waals surface area contributed by atoms with E-state index in [9.17, 15) is 0 Å². The third-order valence-electron chi connectivity index (χ3n) is 30.1. The second-order valence-electron chi connectivity index (χ2n) is 37.4. The molecule has 24 aromatic rings. The lowest BCUT2D eigenvalue weighted by Gasteiger charge is -2.33. The fourth-order valence-electron chi connectivity index (χ4n) is 24.2. The Morgan fingerprint density at radius 1 is 0.172 bits per heavy atom. The van der Waals surface area contributed by atoms with E-state index in [-0.39, 0.29) is 10.8 Å². The fourth-order valence-corrected chi connectivity index (χ4v) is 24.2. The van der Waals surface area contributed by atoms with Crippen molar-refractivity contribution in [2.75, 3.05) is 0 Å². The lowest BCUT2D eigenvalue weighted by atomic mass is 9.69. The Kier molecular flexibility index (Phi) is 17.8. The van der Waals surface area contributed by atoms with E-state index in [4.69, 9.17) is 0 Å². The summed E-state index contributed by atoms with van der Waals surface area (Å²) >= 11 is 0. The molecule has 0 atom stereocenters. The van der Waals surface area contributed by atoms with Crippen LogP contribution in [-0.2, 0) is 10.8 Å². The third kappa shape index (κ3) is 11.7. The molecule has 0 heteroatoms. The molecule has 0 unspecified atom stereocenters. The molecule has 0 radical (unpaired) electrons. The highest BCUT2D eigenvalue weighted by Gasteiger charge is 2.44. The zero-order valence-electron chi connectivity index (χ0n) is 73.0. The molecule has 0 aliphatic heterocycles. The van der Waals surface area contributed by atoms with Crippen LogP contribution in [0.3, 0.4) is 0 Å². The number of rotatable bonds is 16. The van der Waals surface area contributed by atoms with Crippen LogP contribution in [-0.4, -0.2) is 0 Å². The minimum Gasteiger partial charge on any atom is -0.0654 e. The van der Waals surface area contributed by atoms with Gasteiger partial charge in [0.1, 0.15) is 0 Å². The Hall–Kier alpha value is -14.6. The lowest BCUT2D eigenvalue weighted by Crippen LogP contribution is -2.25. The molecule has 26 rings (SSSR count). The van der Waals surface area contributed by atoms with Crippen LogP contribution in [0.15, 0.2) is 388 Å². The molecule has 2 aliphatic rings. The second-order valence-corrected chi connectivity index (χ2v) is 37.4. The molecule has 24 aromatic carbocycles. The zero-order valence-corrected chi connectivity index (χ0v) is 73.0. The Balaban J connectivity index is 0.000000140. The number of hydrogen-bond acceptors (Lipinski definition) is 0. The van der Waals surface area contributed by atoms with E-state index >= 15 is 0 Å². The summed E-state index contributed by atoms with van der Waals surface area (Å²) in [5.74, 6) is 0. The predicted molar refractivity (Wildman–Crippen MR) is 554 cm³/mol. The van der Waals surface area contributed by atoms with Gasteiger partial charge < -0.3 is 0 Å². The van der Waals surface area contributed by atoms with Crippen LogP contribution in [0, 0.1) is 0 Å². The van der Waals surface area contributed by atoms with Crippen LogP contribution in [0.25, 0.3) is 240 Å². The van der Waals surface area contributed by atoms with Gasteiger partial charge >= 0.3 is 0 Å². The van der Waals surface area contributed by atoms with E-state index in [1.54, 1.807) is 5.56 Å². The Bertz CT molecular complexity index is 8430. The molecule has 0 aromatic heterocycles. The molecule has 0 saturated carbocycles. The first kappa shape index (κ1) is 75.9. The topological polar surface area (TPSA) is 0 Å². The van der Waals surface area contributed by atoms with Gasteiger partial charge in [-0.25, -0.2) is 0 Å². The Morgan fingerprint density at radius 2 is 0.422 bits per heavy atom. The van der Waals surface area contributed by atoms with E-state index in [0.29, 0.717) is 0 Å². The van der Waals surface area contributed by atoms with Crippen molar-refractivity contribution in [3.8, 4) is 89.0 Å². The maximum Gasteiger partial charge on any atom is 0.0215 e. The molecule has 2 aliphatic carbocycles. The minimum atomic E-state index is -0.187. The first-order valence-electron chi connectivity index (χ1n) is 46.8. The predicted octanol–water partition coefficient (Wildman–Crippen LogP) is 36.9. The largest absolute Gasteiger partial charge is 0.0654 e. The molecule has 0 saturated heterocycles. The number of benzene rings is 24. The summed E-state index contributed by atoms with van der Waals surface area (Å²) in [4.78, 5) is 0. The van der Waals surface area contributed by atoms with E-state index in [2.05, 4.69) is 416 Å². The molecule has 0 nitrogen and oxygen atoms in total. The molecule has 0 bridgehead atoms. The van der Waals surface area contributed by atoms with Gasteiger partial charge in [0.15, 0.2) is 0 Å². The van der Waals surface area contributed by atoms with Crippen molar-refractivity contribution in [1.82, 2.24) is 0 Å². The van der Waals surface area contributed by atoms with Crippen molar-refractivity contribution < 1.29 is 0 Å². The van der Waals surface area contributed by atoms with Gasteiger partial charge in [0.25, 0.3) is 0 Å². The standard InChI is InChI=1S/C69H58.C59H38/c1-3-5-7-17-40-69(41-18-8-6-4-2)62-43-50(52-36-32-47-31-30-45-22-19-23-46-33-39-61(52)66(47)64(45)46)34-37-55(62)56-38-35-51(44-63(56)69)65-57-26-13-15-28-59(57)68(60-29-16-14-27-58(60)65)67-53-24-11-9-20-48(53)42-49-21-10-12-25-54(49)67;1-59(2)52-33-40(42-28-24-37-23-22-35-14-11-15-36-25-31-51(42)56(37)54(35)36)26-29-45(52)46-30-27-41(34-53(46)59)55-47-18-7-9-20-49(47)58(50-21-10-8-19-48(50)55)57-43-16-5-3-12-38(43)32-39-13-4-6-17-44(39)57/h9-16,19-39,42-44H,3-8,17-18,40-41H2,1-2H3;3-34H,1-2H3. The zero-order chi connectivity index (χ0) is 85.0. The molecule has 0 heterocycles. The van der Waals surface area contributed by atoms with Gasteiger partial charge in [0, 0.05) is 10.8 Å². The van der Waals surface area contributed by atoms with Crippen molar-refractivity contribution >= 4 is 151 Å². The van der Waals surface area contributed by atoms with Gasteiger partial charge in [-0.2, -0.15) is 0 Å². The van der Waals surface area contributed by atoms with Crippen LogP contribution >= 0.6 is 0 Å². The van der Waals surface area contributed by atoms with Gasteiger partial charge in [0.05, 0.1) is 0 Å². The molecular weight excluding hydrogens is 1540 g/mol. The minimum absolute atomic E-state index is 0.0879. The number of fused-ring (bicyclic) bond motifs is 14. The molecule has 608 valence electrons. The molecule has 0 spiro atoms. The average molecular weight is 1630 g/mol. The normalized spacial score (nSPS) is 13.3. The second kappa shape index (κ2) is 30.1. The Labute approximate surface area is 747 Å². The Morgan fingerprint density at radius 3 is 0.773 bits per heavy atom. The highest BCUT2D eigenvalue weighted by Crippen LogP contribution is 2.60. The van der Waals surface area contributed by atoms with E-state index in [0.717, 1.165) is 0 Å². The van der Waals surface area contributed by atoms with Crippen LogP contribution < -0.4 is 0 Å². The summed E-state index contributed by atoms with van der Waals surface area (Å²) in [6.45, 7) is 9.53. The maximum absolute atomic E-state index is 2.67. The van der Waals surface area contributed by atoms with E-state index in [1.165, 1.54) is 321 Å². The summed E-state index contributed by atoms with van der Waals surface area (Å²) in [6.07, 6.45) is 12.4. The summed E-state index contributed by atoms with van der Waals surface area (Å²) in [7, 11) is 0. The quantitative estimate of drug-likeness (QED) is 0.0514. The van der Waals surface area contributed by atoms with Crippen LogP contribution in [0.1, 0.15) is 114 Å². The molecule has 0 N–H and O–H groups in total. The summed E-state index contributed by atoms with van der Waals surface area (Å²) < 4.78 is 0. The summed E-state index contributed by atoms with van der Waals surface area (Å²) in [5, 5.41) is 36.6.